The van der Waals surface area contributed by atoms with Crippen LogP contribution in [0.4, 0.5) is 5.82 Å². The van der Waals surface area contributed by atoms with E-state index >= 15 is 0 Å². The first-order chi connectivity index (χ1) is 14.3. The number of nitrogens with two attached hydrogens (primary N) is 2. The Morgan fingerprint density at radius 2 is 2.00 bits per heavy atom. The molecular formula is C19H28N6O5. The number of aliphatic hydroxyl groups is 2. The molecule has 0 unspecified atom stereocenters. The van der Waals surface area contributed by atoms with Crippen LogP contribution in [0.3, 0.4) is 0 Å². The number of fused-ring (bicyclic) bond motifs is 1. The fourth-order valence-corrected chi connectivity index (χ4v) is 3.91. The van der Waals surface area contributed by atoms with Crippen molar-refractivity contribution in [2.24, 2.45) is 11.7 Å². The van der Waals surface area contributed by atoms with Gasteiger partial charge in [0.15, 0.2) is 5.82 Å². The summed E-state index contributed by atoms with van der Waals surface area (Å²) in [6, 6.07) is 0.210. The Labute approximate surface area is 173 Å². The van der Waals surface area contributed by atoms with Crippen LogP contribution < -0.4 is 16.8 Å². The largest absolute Gasteiger partial charge is 0.465 e. The van der Waals surface area contributed by atoms with Crippen molar-refractivity contribution in [3.63, 3.8) is 0 Å². The van der Waals surface area contributed by atoms with Gasteiger partial charge in [-0.1, -0.05) is 13.8 Å². The number of aromatic nitrogens is 3. The van der Waals surface area contributed by atoms with Crippen LogP contribution in [-0.2, 0) is 9.53 Å². The van der Waals surface area contributed by atoms with Crippen LogP contribution in [0.5, 0.6) is 0 Å². The van der Waals surface area contributed by atoms with Gasteiger partial charge in [0.2, 0.25) is 0 Å². The first-order valence-electron chi connectivity index (χ1n) is 10.0. The number of nitrogen functional groups attached to an aromatic ring is 1. The monoisotopic (exact) mass is 420 g/mol. The van der Waals surface area contributed by atoms with Crippen LogP contribution in [0.15, 0.2) is 12.4 Å². The Hall–Kier alpha value is -2.76. The number of ether oxygens (including phenoxy) is 1. The molecule has 30 heavy (non-hydrogen) atoms. The van der Waals surface area contributed by atoms with Gasteiger partial charge >= 0.3 is 5.97 Å². The summed E-state index contributed by atoms with van der Waals surface area (Å²) < 4.78 is 6.70. The standard InChI is InChI=1S/C19H28N6O5/c1-3-9(4-2)19(29)30-6-5-11-15(26)16(27)13(24-11)12-7-10(18(21)28)14-17(20)22-8-23-25(12)14/h7-9,11,13,15-16,24,26-27H,3-6H2,1-2H3,(H2,21,28)(H2,20,22,23)/t11-,13+,15-,16+/m1/s1. The lowest BCUT2D eigenvalue weighted by molar-refractivity contribution is -0.149. The molecule has 1 amide bonds. The third kappa shape index (κ3) is 3.95. The summed E-state index contributed by atoms with van der Waals surface area (Å²) in [5.41, 5.74) is 12.1. The number of aliphatic hydroxyl groups excluding tert-OH is 2. The molecule has 3 rings (SSSR count). The number of hydrogen-bond donors (Lipinski definition) is 5. The fourth-order valence-electron chi connectivity index (χ4n) is 3.91. The number of esters is 1. The summed E-state index contributed by atoms with van der Waals surface area (Å²) in [5, 5.41) is 28.3. The summed E-state index contributed by atoms with van der Waals surface area (Å²) in [4.78, 5) is 27.7. The van der Waals surface area contributed by atoms with E-state index in [1.54, 1.807) is 0 Å². The van der Waals surface area contributed by atoms with Crippen molar-refractivity contribution < 1.29 is 24.5 Å². The third-order valence-electron chi connectivity index (χ3n) is 5.68. The summed E-state index contributed by atoms with van der Waals surface area (Å²) in [6.45, 7) is 3.97. The predicted molar refractivity (Wildman–Crippen MR) is 107 cm³/mol. The highest BCUT2D eigenvalue weighted by molar-refractivity contribution is 6.02. The van der Waals surface area contributed by atoms with Gasteiger partial charge in [0, 0.05) is 6.04 Å². The second kappa shape index (κ2) is 8.94. The molecule has 1 aliphatic heterocycles. The number of nitrogens with zero attached hydrogens (tertiary/aromatic N) is 3. The molecule has 2 aromatic rings. The Bertz CT molecular complexity index is 928. The van der Waals surface area contributed by atoms with Crippen LogP contribution in [0.1, 0.15) is 55.2 Å². The maximum Gasteiger partial charge on any atom is 0.308 e. The van der Waals surface area contributed by atoms with Crippen molar-refractivity contribution in [3.8, 4) is 0 Å². The van der Waals surface area contributed by atoms with Gasteiger partial charge in [-0.3, -0.25) is 9.59 Å². The van der Waals surface area contributed by atoms with Crippen LogP contribution in [-0.4, -0.2) is 61.5 Å². The lowest BCUT2D eigenvalue weighted by Crippen LogP contribution is -2.34. The van der Waals surface area contributed by atoms with Crippen molar-refractivity contribution in [2.75, 3.05) is 12.3 Å². The van der Waals surface area contributed by atoms with Crippen molar-refractivity contribution in [3.05, 3.63) is 23.7 Å². The predicted octanol–water partition coefficient (Wildman–Crippen LogP) is -0.485. The van der Waals surface area contributed by atoms with Crippen molar-refractivity contribution in [1.82, 2.24) is 19.9 Å². The van der Waals surface area contributed by atoms with E-state index in [1.807, 2.05) is 13.8 Å². The number of rotatable bonds is 8. The highest BCUT2D eigenvalue weighted by atomic mass is 16.5. The van der Waals surface area contributed by atoms with E-state index in [2.05, 4.69) is 15.4 Å². The molecule has 4 atom stereocenters. The molecule has 0 spiro atoms. The normalized spacial score (nSPS) is 23.9. The molecule has 0 aliphatic carbocycles. The van der Waals surface area contributed by atoms with E-state index < -0.39 is 30.2 Å². The van der Waals surface area contributed by atoms with Crippen molar-refractivity contribution >= 4 is 23.2 Å². The highest BCUT2D eigenvalue weighted by Gasteiger charge is 2.43. The molecular weight excluding hydrogens is 392 g/mol. The van der Waals surface area contributed by atoms with Gasteiger partial charge in [-0.15, -0.1) is 0 Å². The smallest absolute Gasteiger partial charge is 0.308 e. The lowest BCUT2D eigenvalue weighted by Gasteiger charge is -2.17. The van der Waals surface area contributed by atoms with E-state index in [0.29, 0.717) is 25.0 Å². The molecule has 11 nitrogen and oxygen atoms in total. The maximum atomic E-state index is 12.0. The minimum atomic E-state index is -1.18. The molecule has 1 saturated heterocycles. The van der Waals surface area contributed by atoms with Gasteiger partial charge in [-0.25, -0.2) is 9.50 Å². The molecule has 0 saturated carbocycles. The molecule has 2 aromatic heterocycles. The van der Waals surface area contributed by atoms with Gasteiger partial charge in [0.1, 0.15) is 17.9 Å². The molecule has 0 aromatic carbocycles. The molecule has 0 bridgehead atoms. The van der Waals surface area contributed by atoms with Gasteiger partial charge < -0.3 is 31.7 Å². The number of carbonyl (C=O) groups excluding carboxylic acids is 2. The molecule has 0 radical (unpaired) electrons. The average Bonchev–Trinajstić information content (AvgIpc) is 3.23. The zero-order chi connectivity index (χ0) is 22.0. The zero-order valence-electron chi connectivity index (χ0n) is 17.0. The average molecular weight is 420 g/mol. The SMILES string of the molecule is CCC(CC)C(=O)OCC[C@H]1N[C@@H](c2cc(C(N)=O)c3c(N)ncnn23)[C@H](O)[C@@H]1O. The Kier molecular flexibility index (Phi) is 6.54. The first-order valence-corrected chi connectivity index (χ1v) is 10.0. The number of anilines is 1. The molecule has 3 heterocycles. The molecule has 164 valence electrons. The van der Waals surface area contributed by atoms with Crippen molar-refractivity contribution in [2.45, 2.75) is 57.4 Å². The summed E-state index contributed by atoms with van der Waals surface area (Å²) in [5.74, 6) is -1.05. The number of primary amides is 1. The minimum absolute atomic E-state index is 0.0722. The first kappa shape index (κ1) is 21.9. The van der Waals surface area contributed by atoms with Crippen molar-refractivity contribution in [1.29, 1.82) is 0 Å². The number of amides is 1. The number of nitrogens with one attached hydrogen (secondary N) is 1. The van der Waals surface area contributed by atoms with Gasteiger partial charge in [0.25, 0.3) is 5.91 Å². The summed E-state index contributed by atoms with van der Waals surface area (Å²) in [7, 11) is 0. The van der Waals surface area contributed by atoms with Gasteiger partial charge in [0.05, 0.1) is 35.9 Å². The Morgan fingerprint density at radius 1 is 1.30 bits per heavy atom. The van der Waals surface area contributed by atoms with E-state index in [9.17, 15) is 19.8 Å². The van der Waals surface area contributed by atoms with Crippen LogP contribution >= 0.6 is 0 Å². The molecule has 1 fully saturated rings. The second-order valence-electron chi connectivity index (χ2n) is 7.45. The Balaban J connectivity index is 1.77. The number of hydrogen-bond acceptors (Lipinski definition) is 9. The molecule has 11 heteroatoms. The zero-order valence-corrected chi connectivity index (χ0v) is 17.0. The van der Waals surface area contributed by atoms with Crippen LogP contribution in [0.2, 0.25) is 0 Å². The third-order valence-corrected chi connectivity index (χ3v) is 5.68. The van der Waals surface area contributed by atoms with Gasteiger partial charge in [-0.2, -0.15) is 5.10 Å². The molecule has 1 aliphatic rings. The van der Waals surface area contributed by atoms with Crippen LogP contribution in [0, 0.1) is 5.92 Å². The van der Waals surface area contributed by atoms with E-state index in [4.69, 9.17) is 16.2 Å². The maximum absolute atomic E-state index is 12.0. The fraction of sp³-hybridized carbons (Fsp3) is 0.579. The number of carbonyl (C=O) groups is 2. The Morgan fingerprint density at radius 3 is 2.63 bits per heavy atom. The lowest BCUT2D eigenvalue weighted by atomic mass is 10.0. The van der Waals surface area contributed by atoms with E-state index in [-0.39, 0.29) is 35.4 Å². The summed E-state index contributed by atoms with van der Waals surface area (Å²) >= 11 is 0. The second-order valence-corrected chi connectivity index (χ2v) is 7.45. The highest BCUT2D eigenvalue weighted by Crippen LogP contribution is 2.32. The molecule has 7 N–H and O–H groups in total. The quantitative estimate of drug-likeness (QED) is 0.352. The minimum Gasteiger partial charge on any atom is -0.465 e. The summed E-state index contributed by atoms with van der Waals surface area (Å²) in [6.07, 6.45) is 0.653. The topological polar surface area (TPSA) is 178 Å². The van der Waals surface area contributed by atoms with E-state index in [1.165, 1.54) is 16.9 Å². The van der Waals surface area contributed by atoms with Crippen LogP contribution in [0.25, 0.3) is 5.52 Å². The van der Waals surface area contributed by atoms with Gasteiger partial charge in [-0.05, 0) is 25.3 Å². The van der Waals surface area contributed by atoms with E-state index in [0.717, 1.165) is 0 Å².